The molecular formula is C27H34ClNOS. The van der Waals surface area contributed by atoms with Crippen molar-refractivity contribution < 1.29 is 4.79 Å². The summed E-state index contributed by atoms with van der Waals surface area (Å²) in [7, 11) is 0. The number of hydrogen-bond donors (Lipinski definition) is 1. The van der Waals surface area contributed by atoms with Crippen LogP contribution < -0.4 is 5.32 Å². The van der Waals surface area contributed by atoms with E-state index < -0.39 is 0 Å². The van der Waals surface area contributed by atoms with E-state index in [9.17, 15) is 4.79 Å². The first-order chi connectivity index (χ1) is 14.9. The second-order valence-electron chi connectivity index (χ2n) is 8.69. The Balaban J connectivity index is 1.63. The van der Waals surface area contributed by atoms with E-state index in [-0.39, 0.29) is 11.3 Å². The van der Waals surface area contributed by atoms with Gasteiger partial charge in [0.15, 0.2) is 0 Å². The normalized spacial score (nSPS) is 23.4. The van der Waals surface area contributed by atoms with Crippen molar-refractivity contribution in [3.8, 4) is 0 Å². The topological polar surface area (TPSA) is 29.1 Å². The van der Waals surface area contributed by atoms with Gasteiger partial charge < -0.3 is 5.32 Å². The van der Waals surface area contributed by atoms with E-state index in [1.807, 2.05) is 13.0 Å². The largest absolute Gasteiger partial charge is 0.352 e. The molecule has 1 aromatic carbocycles. The molecule has 1 aliphatic carbocycles. The number of allylic oxidation sites excluding steroid dienone is 2. The Labute approximate surface area is 196 Å². The summed E-state index contributed by atoms with van der Waals surface area (Å²) in [6.45, 7) is 11.0. The molecule has 3 rings (SSSR count). The van der Waals surface area contributed by atoms with Crippen molar-refractivity contribution in [3.05, 3.63) is 75.5 Å². The lowest BCUT2D eigenvalue weighted by atomic mass is 9.85. The monoisotopic (exact) mass is 455 g/mol. The Morgan fingerprint density at radius 1 is 1.26 bits per heavy atom. The predicted molar refractivity (Wildman–Crippen MR) is 135 cm³/mol. The maximum Gasteiger partial charge on any atom is 0.261 e. The van der Waals surface area contributed by atoms with Crippen molar-refractivity contribution in [1.29, 1.82) is 0 Å². The van der Waals surface area contributed by atoms with Gasteiger partial charge in [0.2, 0.25) is 0 Å². The third-order valence-corrected chi connectivity index (χ3v) is 7.84. The van der Waals surface area contributed by atoms with Crippen LogP contribution in [0.4, 0.5) is 0 Å². The van der Waals surface area contributed by atoms with Crippen LogP contribution >= 0.6 is 22.9 Å². The summed E-state index contributed by atoms with van der Waals surface area (Å²) < 4.78 is 0. The minimum atomic E-state index is 0.0285. The van der Waals surface area contributed by atoms with Crippen LogP contribution in [0.15, 0.2) is 49.1 Å². The first-order valence-electron chi connectivity index (χ1n) is 11.3. The zero-order valence-corrected chi connectivity index (χ0v) is 20.4. The quantitative estimate of drug-likeness (QED) is 0.314. The molecule has 1 aromatic heterocycles. The van der Waals surface area contributed by atoms with Gasteiger partial charge in [-0.2, -0.15) is 0 Å². The Hall–Kier alpha value is -1.84. The fourth-order valence-electron chi connectivity index (χ4n) is 4.78. The minimum absolute atomic E-state index is 0.0285. The molecular weight excluding hydrogens is 422 g/mol. The van der Waals surface area contributed by atoms with E-state index in [0.717, 1.165) is 30.6 Å². The smallest absolute Gasteiger partial charge is 0.261 e. The van der Waals surface area contributed by atoms with Crippen molar-refractivity contribution in [2.75, 3.05) is 6.54 Å². The van der Waals surface area contributed by atoms with Crippen molar-refractivity contribution in [2.24, 2.45) is 17.8 Å². The molecule has 1 aliphatic rings. The number of carbonyl (C=O) groups is 1. The summed E-state index contributed by atoms with van der Waals surface area (Å²) >= 11 is 8.41. The lowest BCUT2D eigenvalue weighted by Crippen LogP contribution is -2.21. The summed E-state index contributed by atoms with van der Waals surface area (Å²) in [5, 5.41) is 3.06. The van der Waals surface area contributed by atoms with Gasteiger partial charge in [-0.1, -0.05) is 47.6 Å². The van der Waals surface area contributed by atoms with Gasteiger partial charge in [0.05, 0.1) is 4.88 Å². The molecule has 2 aromatic rings. The molecule has 166 valence electrons. The van der Waals surface area contributed by atoms with Gasteiger partial charge >= 0.3 is 0 Å². The third-order valence-electron chi connectivity index (χ3n) is 6.19. The fraction of sp³-hybridized carbons (Fsp3) is 0.444. The molecule has 4 heteroatoms. The highest BCUT2D eigenvalue weighted by Gasteiger charge is 2.38. The summed E-state index contributed by atoms with van der Waals surface area (Å²) in [5.41, 5.74) is 3.84. The van der Waals surface area contributed by atoms with Crippen molar-refractivity contribution in [2.45, 2.75) is 51.8 Å². The van der Waals surface area contributed by atoms with Crippen molar-refractivity contribution in [3.63, 3.8) is 0 Å². The third kappa shape index (κ3) is 6.33. The number of carbonyl (C=O) groups excluding carboxylic acids is 1. The van der Waals surface area contributed by atoms with Crippen LogP contribution in [-0.2, 0) is 6.42 Å². The van der Waals surface area contributed by atoms with E-state index in [1.165, 1.54) is 21.6 Å². The highest BCUT2D eigenvalue weighted by atomic mass is 35.5. The van der Waals surface area contributed by atoms with Gasteiger partial charge in [0.25, 0.3) is 5.91 Å². The summed E-state index contributed by atoms with van der Waals surface area (Å²) in [5.74, 6) is 1.34. The number of alkyl halides is 1. The van der Waals surface area contributed by atoms with Crippen molar-refractivity contribution >= 4 is 34.9 Å². The highest BCUT2D eigenvalue weighted by Crippen LogP contribution is 2.44. The Morgan fingerprint density at radius 3 is 2.68 bits per heavy atom. The summed E-state index contributed by atoms with van der Waals surface area (Å²) in [4.78, 5) is 14.1. The van der Waals surface area contributed by atoms with Gasteiger partial charge in [-0.3, -0.25) is 4.79 Å². The molecule has 1 N–H and O–H groups in total. The number of rotatable bonds is 9. The van der Waals surface area contributed by atoms with Gasteiger partial charge in [-0.15, -0.1) is 29.5 Å². The number of hydrogen-bond acceptors (Lipinski definition) is 2. The SMILES string of the molecule is C=C[C@@H]1C[C@@H](Cl)[C@H](CCCc2ccc(C(=O)NCC)s2)[C@H]1/C=C/c1cc(C)cc(C)c1. The van der Waals surface area contributed by atoms with E-state index in [0.29, 0.717) is 24.3 Å². The van der Waals surface area contributed by atoms with Gasteiger partial charge in [-0.05, 0) is 81.9 Å². The van der Waals surface area contributed by atoms with Crippen LogP contribution in [0.25, 0.3) is 6.08 Å². The Morgan fingerprint density at radius 2 is 2.00 bits per heavy atom. The standard InChI is InChI=1S/C27H34ClNOS/c1-5-21-17-25(28)24(23(21)12-10-20-15-18(3)14-19(4)16-20)9-7-8-22-11-13-26(31-22)27(30)29-6-2/h5,10-16,21,23-25H,1,6-9,17H2,2-4H3,(H,29,30)/b12-10+/t21-,23+,24-,25-/m1/s1. The molecule has 0 radical (unpaired) electrons. The van der Waals surface area contributed by atoms with E-state index in [1.54, 1.807) is 11.3 Å². The number of halogens is 1. The molecule has 4 atom stereocenters. The van der Waals surface area contributed by atoms with Crippen LogP contribution in [0, 0.1) is 31.6 Å². The molecule has 1 fully saturated rings. The molecule has 31 heavy (non-hydrogen) atoms. The number of nitrogens with one attached hydrogen (secondary N) is 1. The van der Waals surface area contributed by atoms with E-state index >= 15 is 0 Å². The average molecular weight is 456 g/mol. The van der Waals surface area contributed by atoms with Crippen LogP contribution in [0.5, 0.6) is 0 Å². The molecule has 0 saturated heterocycles. The van der Waals surface area contributed by atoms with Crippen LogP contribution in [0.3, 0.4) is 0 Å². The molecule has 1 amide bonds. The van der Waals surface area contributed by atoms with E-state index in [4.69, 9.17) is 11.6 Å². The minimum Gasteiger partial charge on any atom is -0.352 e. The van der Waals surface area contributed by atoms with Crippen molar-refractivity contribution in [1.82, 2.24) is 5.32 Å². The number of amides is 1. The number of thiophene rings is 1. The Bertz CT molecular complexity index is 911. The van der Waals surface area contributed by atoms with Crippen LogP contribution in [-0.4, -0.2) is 17.8 Å². The summed E-state index contributed by atoms with van der Waals surface area (Å²) in [6.07, 6.45) is 10.9. The average Bonchev–Trinajstić information content (AvgIpc) is 3.31. The molecule has 1 heterocycles. The van der Waals surface area contributed by atoms with Gasteiger partial charge in [0.1, 0.15) is 0 Å². The van der Waals surface area contributed by atoms with Crippen LogP contribution in [0.2, 0.25) is 0 Å². The summed E-state index contributed by atoms with van der Waals surface area (Å²) in [6, 6.07) is 10.7. The second kappa shape index (κ2) is 11.2. The lowest BCUT2D eigenvalue weighted by Gasteiger charge is -2.21. The number of benzene rings is 1. The van der Waals surface area contributed by atoms with Crippen LogP contribution in [0.1, 0.15) is 57.4 Å². The zero-order valence-electron chi connectivity index (χ0n) is 18.9. The first-order valence-corrected chi connectivity index (χ1v) is 12.6. The number of aryl methyl sites for hydroxylation is 3. The van der Waals surface area contributed by atoms with Gasteiger partial charge in [-0.25, -0.2) is 0 Å². The first kappa shape index (κ1) is 23.8. The second-order valence-corrected chi connectivity index (χ2v) is 10.4. The molecule has 0 bridgehead atoms. The molecule has 0 unspecified atom stereocenters. The maximum atomic E-state index is 12.0. The van der Waals surface area contributed by atoms with E-state index in [2.05, 4.69) is 68.2 Å². The predicted octanol–water partition coefficient (Wildman–Crippen LogP) is 7.20. The molecule has 1 saturated carbocycles. The maximum absolute atomic E-state index is 12.0. The van der Waals surface area contributed by atoms with Gasteiger partial charge in [0, 0.05) is 16.8 Å². The Kier molecular flexibility index (Phi) is 8.57. The molecule has 0 spiro atoms. The zero-order chi connectivity index (χ0) is 22.4. The molecule has 0 aliphatic heterocycles. The highest BCUT2D eigenvalue weighted by molar-refractivity contribution is 7.14. The lowest BCUT2D eigenvalue weighted by molar-refractivity contribution is 0.0960. The fourth-order valence-corrected chi connectivity index (χ4v) is 6.25. The molecule has 2 nitrogen and oxygen atoms in total.